The number of hydrogen-bond donors (Lipinski definition) is 2. The summed E-state index contributed by atoms with van der Waals surface area (Å²) < 4.78 is 26.5. The SMILES string of the molecule is O=C(NCCc1ccc(F)cc1F)N1CCCC[C@H]1c1cn[nH]c1. The van der Waals surface area contributed by atoms with Crippen molar-refractivity contribution in [3.63, 3.8) is 0 Å². The van der Waals surface area contributed by atoms with E-state index in [1.54, 1.807) is 11.1 Å². The normalized spacial score (nSPS) is 17.8. The van der Waals surface area contributed by atoms with Crippen LogP contribution in [0.2, 0.25) is 0 Å². The van der Waals surface area contributed by atoms with E-state index < -0.39 is 11.6 Å². The second-order valence-corrected chi connectivity index (χ2v) is 5.95. The van der Waals surface area contributed by atoms with Crippen molar-refractivity contribution in [2.24, 2.45) is 0 Å². The third-order valence-electron chi connectivity index (χ3n) is 4.35. The fourth-order valence-corrected chi connectivity index (χ4v) is 3.09. The highest BCUT2D eigenvalue weighted by molar-refractivity contribution is 5.74. The van der Waals surface area contributed by atoms with E-state index >= 15 is 0 Å². The van der Waals surface area contributed by atoms with Gasteiger partial charge in [0.15, 0.2) is 0 Å². The summed E-state index contributed by atoms with van der Waals surface area (Å²) in [6.07, 6.45) is 6.81. The van der Waals surface area contributed by atoms with Gasteiger partial charge in [0.2, 0.25) is 0 Å². The van der Waals surface area contributed by atoms with E-state index in [-0.39, 0.29) is 12.1 Å². The van der Waals surface area contributed by atoms with Crippen molar-refractivity contribution in [2.45, 2.75) is 31.7 Å². The summed E-state index contributed by atoms with van der Waals surface area (Å²) in [5, 5.41) is 9.57. The molecule has 1 aliphatic rings. The standard InChI is InChI=1S/C17H20F2N4O/c18-14-5-4-12(15(19)9-14)6-7-20-17(24)23-8-2-1-3-16(23)13-10-21-22-11-13/h4-5,9-11,16H,1-3,6-8H2,(H,20,24)(H,21,22)/t16-/m0/s1. The monoisotopic (exact) mass is 334 g/mol. The van der Waals surface area contributed by atoms with Gasteiger partial charge in [0.1, 0.15) is 11.6 Å². The maximum Gasteiger partial charge on any atom is 0.317 e. The molecule has 1 saturated heterocycles. The molecule has 24 heavy (non-hydrogen) atoms. The summed E-state index contributed by atoms with van der Waals surface area (Å²) in [4.78, 5) is 14.3. The molecule has 1 aromatic heterocycles. The van der Waals surface area contributed by atoms with Crippen molar-refractivity contribution >= 4 is 6.03 Å². The van der Waals surface area contributed by atoms with E-state index in [0.29, 0.717) is 25.1 Å². The lowest BCUT2D eigenvalue weighted by Gasteiger charge is -2.35. The van der Waals surface area contributed by atoms with Crippen LogP contribution < -0.4 is 5.32 Å². The number of aromatic amines is 1. The maximum atomic E-state index is 13.6. The van der Waals surface area contributed by atoms with Crippen LogP contribution in [0.25, 0.3) is 0 Å². The van der Waals surface area contributed by atoms with E-state index in [1.165, 1.54) is 12.1 Å². The van der Waals surface area contributed by atoms with Crippen LogP contribution in [0.5, 0.6) is 0 Å². The van der Waals surface area contributed by atoms with E-state index in [2.05, 4.69) is 15.5 Å². The Morgan fingerprint density at radius 3 is 3.00 bits per heavy atom. The van der Waals surface area contributed by atoms with Crippen molar-refractivity contribution in [1.29, 1.82) is 0 Å². The zero-order valence-electron chi connectivity index (χ0n) is 13.3. The fraction of sp³-hybridized carbons (Fsp3) is 0.412. The Morgan fingerprint density at radius 1 is 1.38 bits per heavy atom. The van der Waals surface area contributed by atoms with Crippen LogP contribution in [-0.4, -0.2) is 34.2 Å². The van der Waals surface area contributed by atoms with Gasteiger partial charge in [0.05, 0.1) is 12.2 Å². The number of carbonyl (C=O) groups excluding carboxylic acids is 1. The highest BCUT2D eigenvalue weighted by atomic mass is 19.1. The van der Waals surface area contributed by atoms with Crippen LogP contribution in [0.1, 0.15) is 36.4 Å². The topological polar surface area (TPSA) is 61.0 Å². The summed E-state index contributed by atoms with van der Waals surface area (Å²) >= 11 is 0. The predicted octanol–water partition coefficient (Wildman–Crippen LogP) is 3.17. The van der Waals surface area contributed by atoms with E-state index in [0.717, 1.165) is 30.9 Å². The van der Waals surface area contributed by atoms with Gasteiger partial charge in [-0.2, -0.15) is 5.10 Å². The minimum Gasteiger partial charge on any atom is -0.338 e. The van der Waals surface area contributed by atoms with Crippen LogP contribution in [0, 0.1) is 11.6 Å². The van der Waals surface area contributed by atoms with Crippen LogP contribution >= 0.6 is 0 Å². The number of benzene rings is 1. The number of halogens is 2. The molecular weight excluding hydrogens is 314 g/mol. The Hall–Kier alpha value is -2.44. The van der Waals surface area contributed by atoms with Gasteiger partial charge in [-0.3, -0.25) is 5.10 Å². The molecule has 7 heteroatoms. The first-order chi connectivity index (χ1) is 11.6. The molecule has 2 aromatic rings. The summed E-state index contributed by atoms with van der Waals surface area (Å²) in [5.74, 6) is -1.19. The molecule has 0 spiro atoms. The van der Waals surface area contributed by atoms with Gasteiger partial charge in [-0.25, -0.2) is 13.6 Å². The summed E-state index contributed by atoms with van der Waals surface area (Å²) in [5.41, 5.74) is 1.39. The number of hydrogen-bond acceptors (Lipinski definition) is 2. The Labute approximate surface area is 139 Å². The van der Waals surface area contributed by atoms with Gasteiger partial charge in [-0.15, -0.1) is 0 Å². The zero-order chi connectivity index (χ0) is 16.9. The number of nitrogens with zero attached hydrogens (tertiary/aromatic N) is 2. The van der Waals surface area contributed by atoms with Gasteiger partial charge in [0, 0.05) is 30.9 Å². The first-order valence-electron chi connectivity index (χ1n) is 8.12. The number of carbonyl (C=O) groups is 1. The van der Waals surface area contributed by atoms with Crippen molar-refractivity contribution in [2.75, 3.05) is 13.1 Å². The first kappa shape index (κ1) is 16.4. The van der Waals surface area contributed by atoms with Crippen LogP contribution in [0.4, 0.5) is 13.6 Å². The zero-order valence-corrected chi connectivity index (χ0v) is 13.3. The average molecular weight is 334 g/mol. The Balaban J connectivity index is 1.57. The molecule has 3 rings (SSSR count). The van der Waals surface area contributed by atoms with Gasteiger partial charge >= 0.3 is 6.03 Å². The molecule has 2 amide bonds. The molecule has 0 aliphatic carbocycles. The lowest BCUT2D eigenvalue weighted by Crippen LogP contribution is -2.45. The molecule has 1 atom stereocenters. The number of likely N-dealkylation sites (tertiary alicyclic amines) is 1. The highest BCUT2D eigenvalue weighted by Crippen LogP contribution is 2.30. The number of urea groups is 1. The van der Waals surface area contributed by atoms with Gasteiger partial charge < -0.3 is 10.2 Å². The second-order valence-electron chi connectivity index (χ2n) is 5.95. The van der Waals surface area contributed by atoms with Crippen LogP contribution in [0.3, 0.4) is 0 Å². The third-order valence-corrected chi connectivity index (χ3v) is 4.35. The van der Waals surface area contributed by atoms with Crippen molar-refractivity contribution in [1.82, 2.24) is 20.4 Å². The minimum atomic E-state index is -0.600. The molecule has 0 bridgehead atoms. The van der Waals surface area contributed by atoms with Crippen molar-refractivity contribution in [3.8, 4) is 0 Å². The lowest BCUT2D eigenvalue weighted by atomic mass is 9.98. The number of piperidine rings is 1. The van der Waals surface area contributed by atoms with Crippen molar-refractivity contribution < 1.29 is 13.6 Å². The second kappa shape index (κ2) is 7.42. The number of amides is 2. The molecular formula is C17H20F2N4O. The largest absolute Gasteiger partial charge is 0.338 e. The third kappa shape index (κ3) is 3.72. The molecule has 0 unspecified atom stereocenters. The Kier molecular flexibility index (Phi) is 5.08. The van der Waals surface area contributed by atoms with Gasteiger partial charge in [-0.1, -0.05) is 6.07 Å². The number of nitrogens with one attached hydrogen (secondary N) is 2. The van der Waals surface area contributed by atoms with Crippen molar-refractivity contribution in [3.05, 3.63) is 53.4 Å². The van der Waals surface area contributed by atoms with Gasteiger partial charge in [-0.05, 0) is 37.3 Å². The number of rotatable bonds is 4. The quantitative estimate of drug-likeness (QED) is 0.902. The average Bonchev–Trinajstić information content (AvgIpc) is 3.11. The first-order valence-corrected chi connectivity index (χ1v) is 8.12. The molecule has 128 valence electrons. The number of aromatic nitrogens is 2. The summed E-state index contributed by atoms with van der Waals surface area (Å²) in [6.45, 7) is 0.989. The molecule has 0 radical (unpaired) electrons. The number of H-pyrrole nitrogens is 1. The molecule has 1 aliphatic heterocycles. The predicted molar refractivity (Wildman–Crippen MR) is 85.3 cm³/mol. The smallest absolute Gasteiger partial charge is 0.317 e. The summed E-state index contributed by atoms with van der Waals surface area (Å²) in [6, 6.07) is 3.34. The Morgan fingerprint density at radius 2 is 2.25 bits per heavy atom. The Bertz CT molecular complexity index is 690. The van der Waals surface area contributed by atoms with Gasteiger partial charge in [0.25, 0.3) is 0 Å². The molecule has 1 fully saturated rings. The van der Waals surface area contributed by atoms with E-state index in [9.17, 15) is 13.6 Å². The minimum absolute atomic E-state index is 0.0139. The lowest BCUT2D eigenvalue weighted by molar-refractivity contribution is 0.151. The van der Waals surface area contributed by atoms with E-state index in [4.69, 9.17) is 0 Å². The summed E-state index contributed by atoms with van der Waals surface area (Å²) in [7, 11) is 0. The molecule has 1 aromatic carbocycles. The van der Waals surface area contributed by atoms with Crippen LogP contribution in [0.15, 0.2) is 30.6 Å². The fourth-order valence-electron chi connectivity index (χ4n) is 3.09. The molecule has 2 N–H and O–H groups in total. The molecule has 5 nitrogen and oxygen atoms in total. The molecule has 2 heterocycles. The maximum absolute atomic E-state index is 13.6. The molecule has 0 saturated carbocycles. The van der Waals surface area contributed by atoms with Crippen LogP contribution in [-0.2, 0) is 6.42 Å². The van der Waals surface area contributed by atoms with E-state index in [1.807, 2.05) is 6.20 Å². The highest BCUT2D eigenvalue weighted by Gasteiger charge is 2.28.